The Bertz CT molecular complexity index is 429. The van der Waals surface area contributed by atoms with Crippen molar-refractivity contribution in [2.45, 2.75) is 19.8 Å². The molecule has 17 heavy (non-hydrogen) atoms. The maximum Gasteiger partial charge on any atom is 0.411 e. The third-order valence-electron chi connectivity index (χ3n) is 2.31. The molecule has 0 aliphatic carbocycles. The molecule has 1 rings (SSSR count). The fourth-order valence-corrected chi connectivity index (χ4v) is 1.60. The van der Waals surface area contributed by atoms with Gasteiger partial charge in [-0.25, -0.2) is 9.59 Å². The quantitative estimate of drug-likeness (QED) is 0.843. The Kier molecular flexibility index (Phi) is 4.51. The lowest BCUT2D eigenvalue weighted by atomic mass is 10.0. The summed E-state index contributed by atoms with van der Waals surface area (Å²) in [7, 11) is 1.23. The Hall–Kier alpha value is -2.04. The lowest BCUT2D eigenvalue weighted by Gasteiger charge is -2.11. The molecule has 1 aromatic carbocycles. The number of nitrogens with one attached hydrogen (secondary N) is 1. The van der Waals surface area contributed by atoms with Crippen molar-refractivity contribution < 1.29 is 19.4 Å². The lowest BCUT2D eigenvalue weighted by Crippen LogP contribution is -2.15. The van der Waals surface area contributed by atoms with E-state index in [2.05, 4.69) is 10.1 Å². The highest BCUT2D eigenvalue weighted by Crippen LogP contribution is 2.21. The van der Waals surface area contributed by atoms with E-state index in [0.29, 0.717) is 12.0 Å². The number of hydrogen-bond acceptors (Lipinski definition) is 3. The normalized spacial score (nSPS) is 9.76. The van der Waals surface area contributed by atoms with Gasteiger partial charge in [-0.05, 0) is 18.1 Å². The molecule has 92 valence electrons. The van der Waals surface area contributed by atoms with Crippen molar-refractivity contribution in [1.29, 1.82) is 0 Å². The third kappa shape index (κ3) is 3.21. The second-order valence-corrected chi connectivity index (χ2v) is 3.51. The molecule has 5 nitrogen and oxygen atoms in total. The average Bonchev–Trinajstić information content (AvgIpc) is 2.29. The van der Waals surface area contributed by atoms with Crippen molar-refractivity contribution in [3.8, 4) is 0 Å². The Morgan fingerprint density at radius 3 is 2.65 bits per heavy atom. The fourth-order valence-electron chi connectivity index (χ4n) is 1.60. The molecule has 0 aliphatic rings. The Morgan fingerprint density at radius 2 is 2.12 bits per heavy atom. The Labute approximate surface area is 99.4 Å². The minimum absolute atomic E-state index is 0.125. The molecule has 0 aromatic heterocycles. The van der Waals surface area contributed by atoms with Gasteiger partial charge in [0.25, 0.3) is 0 Å². The standard InChI is InChI=1S/C12H15NO4/c1-3-5-8-6-4-7-9(10(8)11(14)15)13-12(16)17-2/h4,6-7H,3,5H2,1-2H3,(H,13,16)(H,14,15). The van der Waals surface area contributed by atoms with Gasteiger partial charge in [0.1, 0.15) is 0 Å². The van der Waals surface area contributed by atoms with E-state index in [1.54, 1.807) is 18.2 Å². The molecule has 0 fully saturated rings. The van der Waals surface area contributed by atoms with Crippen LogP contribution in [-0.4, -0.2) is 24.3 Å². The highest BCUT2D eigenvalue weighted by atomic mass is 16.5. The average molecular weight is 237 g/mol. The molecule has 0 saturated carbocycles. The summed E-state index contributed by atoms with van der Waals surface area (Å²) in [6.07, 6.45) is 0.807. The molecule has 0 spiro atoms. The predicted molar refractivity (Wildman–Crippen MR) is 63.4 cm³/mol. The second-order valence-electron chi connectivity index (χ2n) is 3.51. The summed E-state index contributed by atoms with van der Waals surface area (Å²) in [5, 5.41) is 11.6. The Morgan fingerprint density at radius 1 is 1.41 bits per heavy atom. The van der Waals surface area contributed by atoms with Gasteiger partial charge < -0.3 is 9.84 Å². The van der Waals surface area contributed by atoms with Crippen LogP contribution in [0.15, 0.2) is 18.2 Å². The van der Waals surface area contributed by atoms with Crippen LogP contribution < -0.4 is 5.32 Å². The lowest BCUT2D eigenvalue weighted by molar-refractivity contribution is 0.0697. The van der Waals surface area contributed by atoms with Crippen LogP contribution in [0, 0.1) is 0 Å². The molecule has 0 bridgehead atoms. The second kappa shape index (κ2) is 5.89. The van der Waals surface area contributed by atoms with Crippen LogP contribution in [0.4, 0.5) is 10.5 Å². The first-order valence-corrected chi connectivity index (χ1v) is 5.30. The number of carboxylic acids is 1. The van der Waals surface area contributed by atoms with Crippen LogP contribution in [0.5, 0.6) is 0 Å². The number of carbonyl (C=O) groups excluding carboxylic acids is 1. The van der Waals surface area contributed by atoms with Gasteiger partial charge in [-0.2, -0.15) is 0 Å². The van der Waals surface area contributed by atoms with Gasteiger partial charge in [0.15, 0.2) is 0 Å². The molecule has 5 heteroatoms. The number of rotatable bonds is 4. The smallest absolute Gasteiger partial charge is 0.411 e. The van der Waals surface area contributed by atoms with E-state index < -0.39 is 12.1 Å². The number of aryl methyl sites for hydroxylation is 1. The molecule has 0 heterocycles. The van der Waals surface area contributed by atoms with Crippen LogP contribution in [-0.2, 0) is 11.2 Å². The van der Waals surface area contributed by atoms with E-state index in [1.165, 1.54) is 7.11 Å². The van der Waals surface area contributed by atoms with E-state index in [4.69, 9.17) is 5.11 Å². The molecule has 0 aliphatic heterocycles. The van der Waals surface area contributed by atoms with E-state index in [-0.39, 0.29) is 11.3 Å². The van der Waals surface area contributed by atoms with Crippen molar-refractivity contribution in [2.75, 3.05) is 12.4 Å². The minimum Gasteiger partial charge on any atom is -0.478 e. The van der Waals surface area contributed by atoms with Gasteiger partial charge >= 0.3 is 12.1 Å². The summed E-state index contributed by atoms with van der Waals surface area (Å²) in [6, 6.07) is 5.00. The van der Waals surface area contributed by atoms with Crippen molar-refractivity contribution in [2.24, 2.45) is 0 Å². The number of carbonyl (C=O) groups is 2. The summed E-state index contributed by atoms with van der Waals surface area (Å²) in [5.41, 5.74) is 1.09. The van der Waals surface area contributed by atoms with E-state index in [0.717, 1.165) is 6.42 Å². The minimum atomic E-state index is -1.06. The number of amides is 1. The predicted octanol–water partition coefficient (Wildman–Crippen LogP) is 2.52. The van der Waals surface area contributed by atoms with Crippen LogP contribution in [0.1, 0.15) is 29.3 Å². The van der Waals surface area contributed by atoms with Gasteiger partial charge in [-0.1, -0.05) is 25.5 Å². The summed E-state index contributed by atoms with van der Waals surface area (Å²) in [5.74, 6) is -1.06. The molecular formula is C12H15NO4. The first kappa shape index (κ1) is 13.0. The van der Waals surface area contributed by atoms with Crippen molar-refractivity contribution in [3.63, 3.8) is 0 Å². The van der Waals surface area contributed by atoms with E-state index >= 15 is 0 Å². The Balaban J connectivity index is 3.15. The summed E-state index contributed by atoms with van der Waals surface area (Å²) < 4.78 is 4.45. The number of hydrogen-bond donors (Lipinski definition) is 2. The monoisotopic (exact) mass is 237 g/mol. The van der Waals surface area contributed by atoms with Gasteiger partial charge in [0.2, 0.25) is 0 Å². The molecule has 0 radical (unpaired) electrons. The maximum absolute atomic E-state index is 11.2. The largest absolute Gasteiger partial charge is 0.478 e. The number of anilines is 1. The van der Waals surface area contributed by atoms with Gasteiger partial charge in [-0.15, -0.1) is 0 Å². The van der Waals surface area contributed by atoms with Crippen molar-refractivity contribution in [1.82, 2.24) is 0 Å². The highest BCUT2D eigenvalue weighted by molar-refractivity contribution is 6.00. The molecule has 1 amide bonds. The van der Waals surface area contributed by atoms with Crippen molar-refractivity contribution >= 4 is 17.7 Å². The molecule has 2 N–H and O–H groups in total. The fraction of sp³-hybridized carbons (Fsp3) is 0.333. The van der Waals surface area contributed by atoms with E-state index in [1.807, 2.05) is 6.92 Å². The summed E-state index contributed by atoms with van der Waals surface area (Å²) in [6.45, 7) is 1.96. The zero-order valence-corrected chi connectivity index (χ0v) is 9.82. The van der Waals surface area contributed by atoms with Gasteiger partial charge in [-0.3, -0.25) is 5.32 Å². The molecule has 0 saturated heterocycles. The maximum atomic E-state index is 11.2. The van der Waals surface area contributed by atoms with Gasteiger partial charge in [0.05, 0.1) is 18.4 Å². The SMILES string of the molecule is CCCc1cccc(NC(=O)OC)c1C(=O)O. The number of ether oxygens (including phenoxy) is 1. The van der Waals surface area contributed by atoms with Crippen LogP contribution in [0.25, 0.3) is 0 Å². The van der Waals surface area contributed by atoms with Crippen LogP contribution in [0.2, 0.25) is 0 Å². The topological polar surface area (TPSA) is 75.6 Å². The van der Waals surface area contributed by atoms with E-state index in [9.17, 15) is 9.59 Å². The van der Waals surface area contributed by atoms with Crippen LogP contribution >= 0.6 is 0 Å². The van der Waals surface area contributed by atoms with Crippen molar-refractivity contribution in [3.05, 3.63) is 29.3 Å². The zero-order valence-electron chi connectivity index (χ0n) is 9.82. The number of carboxylic acid groups (broad SMARTS) is 1. The highest BCUT2D eigenvalue weighted by Gasteiger charge is 2.16. The molecular weight excluding hydrogens is 222 g/mol. The molecule has 1 aromatic rings. The first-order chi connectivity index (χ1) is 8.10. The summed E-state index contributed by atoms with van der Waals surface area (Å²) in [4.78, 5) is 22.3. The van der Waals surface area contributed by atoms with Crippen LogP contribution in [0.3, 0.4) is 0 Å². The third-order valence-corrected chi connectivity index (χ3v) is 2.31. The first-order valence-electron chi connectivity index (χ1n) is 5.30. The number of methoxy groups -OCH3 is 1. The molecule has 0 unspecified atom stereocenters. The number of benzene rings is 1. The van der Waals surface area contributed by atoms with Gasteiger partial charge in [0, 0.05) is 0 Å². The zero-order chi connectivity index (χ0) is 12.8. The molecule has 0 atom stereocenters. The number of aromatic carboxylic acids is 1. The summed E-state index contributed by atoms with van der Waals surface area (Å²) >= 11 is 0.